The molecule has 6 aromatic rings. The zero-order chi connectivity index (χ0) is 48.9. The van der Waals surface area contributed by atoms with Gasteiger partial charge in [0.15, 0.2) is 0 Å². The van der Waals surface area contributed by atoms with Crippen LogP contribution in [0.5, 0.6) is 11.5 Å². The molecule has 0 radical (unpaired) electrons. The quantitative estimate of drug-likeness (QED) is 0.0379. The number of non-ortho nitro benzene ring substituents is 1. The molecule has 6 aromatic carbocycles. The maximum atomic E-state index is 16.4. The first-order valence-corrected chi connectivity index (χ1v) is 22.4. The number of methoxy groups -OCH3 is 1. The van der Waals surface area contributed by atoms with Crippen molar-refractivity contribution >= 4 is 35.3 Å². The van der Waals surface area contributed by atoms with Crippen molar-refractivity contribution in [3.63, 3.8) is 0 Å². The fourth-order valence-corrected chi connectivity index (χ4v) is 9.93. The van der Waals surface area contributed by atoms with Crippen LogP contribution in [0.2, 0.25) is 0 Å². The summed E-state index contributed by atoms with van der Waals surface area (Å²) < 4.78 is 23.7. The molecule has 0 saturated carbocycles. The number of hydrogen-bond acceptors (Lipinski definition) is 12. The lowest BCUT2D eigenvalue weighted by Crippen LogP contribution is -2.55. The number of hydrogen-bond donors (Lipinski definition) is 2. The highest BCUT2D eigenvalue weighted by Gasteiger charge is 2.75. The monoisotopic (exact) mass is 938 g/mol. The first kappa shape index (κ1) is 46.5. The van der Waals surface area contributed by atoms with E-state index in [0.29, 0.717) is 44.9 Å². The molecule has 352 valence electrons. The molecule has 2 fully saturated rings. The predicted octanol–water partition coefficient (Wildman–Crippen LogP) is 7.68. The lowest BCUT2D eigenvalue weighted by atomic mass is 9.65. The summed E-state index contributed by atoms with van der Waals surface area (Å²) in [5.74, 6) is 3.42. The van der Waals surface area contributed by atoms with Crippen LogP contribution in [0.1, 0.15) is 57.1 Å². The number of nitro benzene ring substituents is 1. The molecule has 70 heavy (non-hydrogen) atoms. The maximum absolute atomic E-state index is 16.4. The van der Waals surface area contributed by atoms with Crippen LogP contribution in [0.15, 0.2) is 164 Å². The predicted molar refractivity (Wildman–Crippen MR) is 256 cm³/mol. The smallest absolute Gasteiger partial charge is 0.421 e. The van der Waals surface area contributed by atoms with E-state index in [1.54, 1.807) is 73.8 Å². The minimum atomic E-state index is -2.12. The van der Waals surface area contributed by atoms with Crippen LogP contribution in [0.25, 0.3) is 0 Å². The molecule has 3 aliphatic heterocycles. The molecule has 15 nitrogen and oxygen atoms in total. The number of imide groups is 1. The zero-order valence-corrected chi connectivity index (χ0v) is 37.8. The first-order valence-electron chi connectivity index (χ1n) is 22.4. The van der Waals surface area contributed by atoms with Crippen LogP contribution in [-0.2, 0) is 35.9 Å². The summed E-state index contributed by atoms with van der Waals surface area (Å²) in [5.41, 5.74) is 1.28. The standard InChI is InChI=1S/C55H46N4O11/c1-3-29-56-51(61)46-48-52(62)70-49(39-13-8-5-9-14-39)47(38-11-6-4-7-12-38)58(48)50(40-15-10-16-43(33-40)68-31-30-60)55(46)44-32-36(18-17-35-21-26-42(67-2)27-22-35)23-28-45(44)57(53(55)63)54(64)69-34-37-19-24-41(25-20-37)59(65)66/h3-16,19-28,32-33,46-50,60H,1,29-31,34H2,2H3,(H,56,61)/t46-,47-,48-,49+,50+,55-/m0/s1. The summed E-state index contributed by atoms with van der Waals surface area (Å²) in [6.45, 7) is 3.05. The number of esters is 1. The number of ether oxygens (including phenoxy) is 4. The third kappa shape index (κ3) is 8.50. The minimum absolute atomic E-state index is 0.0352. The second-order valence-electron chi connectivity index (χ2n) is 16.8. The molecule has 0 aromatic heterocycles. The summed E-state index contributed by atoms with van der Waals surface area (Å²) in [5, 5.41) is 24.1. The summed E-state index contributed by atoms with van der Waals surface area (Å²) in [6.07, 6.45) is -0.583. The first-order chi connectivity index (χ1) is 34.1. The molecule has 0 aliphatic carbocycles. The number of aliphatic hydroxyl groups is 1. The molecular weight excluding hydrogens is 893 g/mol. The van der Waals surface area contributed by atoms with Crippen molar-refractivity contribution < 1.29 is 48.2 Å². The van der Waals surface area contributed by atoms with Crippen LogP contribution in [0.4, 0.5) is 16.2 Å². The van der Waals surface area contributed by atoms with Crippen molar-refractivity contribution in [3.05, 3.63) is 213 Å². The number of nitro groups is 1. The number of carbonyl (C=O) groups is 4. The number of nitrogens with zero attached hydrogens (tertiary/aromatic N) is 3. The van der Waals surface area contributed by atoms with Gasteiger partial charge in [0, 0.05) is 29.8 Å². The topological polar surface area (TPSA) is 187 Å². The molecule has 0 unspecified atom stereocenters. The van der Waals surface area contributed by atoms with Crippen molar-refractivity contribution in [2.75, 3.05) is 31.8 Å². The van der Waals surface area contributed by atoms with E-state index in [9.17, 15) is 20.0 Å². The van der Waals surface area contributed by atoms with E-state index >= 15 is 14.4 Å². The summed E-state index contributed by atoms with van der Waals surface area (Å²) in [6, 6.07) is 39.4. The highest BCUT2D eigenvalue weighted by Crippen LogP contribution is 2.66. The van der Waals surface area contributed by atoms with Crippen molar-refractivity contribution in [3.8, 4) is 23.3 Å². The molecule has 9 rings (SSSR count). The van der Waals surface area contributed by atoms with E-state index in [1.165, 1.54) is 30.3 Å². The van der Waals surface area contributed by atoms with Gasteiger partial charge in [0.2, 0.25) is 11.8 Å². The Morgan fingerprint density at radius 3 is 2.17 bits per heavy atom. The second-order valence-corrected chi connectivity index (χ2v) is 16.8. The van der Waals surface area contributed by atoms with E-state index in [-0.39, 0.29) is 43.3 Å². The number of amides is 3. The number of morpholine rings is 1. The summed E-state index contributed by atoms with van der Waals surface area (Å²) in [4.78, 5) is 75.5. The highest BCUT2D eigenvalue weighted by atomic mass is 16.6. The van der Waals surface area contributed by atoms with Gasteiger partial charge < -0.3 is 29.4 Å². The molecule has 0 bridgehead atoms. The normalized spacial score (nSPS) is 21.1. The Morgan fingerprint density at radius 2 is 1.50 bits per heavy atom. The Bertz CT molecular complexity index is 3030. The molecule has 1 spiro atoms. The molecule has 2 N–H and O–H groups in total. The second kappa shape index (κ2) is 19.9. The van der Waals surface area contributed by atoms with Crippen LogP contribution in [0.3, 0.4) is 0 Å². The molecule has 15 heteroatoms. The maximum Gasteiger partial charge on any atom is 0.421 e. The minimum Gasteiger partial charge on any atom is -0.497 e. The SMILES string of the molecule is C=CCNC(=O)[C@@H]1[C@H]2C(=O)O[C@H](c3ccccc3)[C@H](c3ccccc3)N2[C@H](c2cccc(OCCO)c2)[C@@]12C(=O)N(C(=O)OCc1ccc([N+](=O)[O-])cc1)c1ccc(C#Cc3ccc(OC)cc3)cc12. The third-order valence-electron chi connectivity index (χ3n) is 12.8. The number of benzene rings is 6. The van der Waals surface area contributed by atoms with Crippen molar-refractivity contribution in [2.45, 2.75) is 36.3 Å². The number of aliphatic hydroxyl groups excluding tert-OH is 1. The van der Waals surface area contributed by atoms with E-state index in [4.69, 9.17) is 18.9 Å². The molecule has 2 saturated heterocycles. The van der Waals surface area contributed by atoms with E-state index in [0.717, 1.165) is 4.90 Å². The molecule has 3 amide bonds. The number of rotatable bonds is 13. The number of cyclic esters (lactones) is 1. The number of carbonyl (C=O) groups excluding carboxylic acids is 4. The third-order valence-corrected chi connectivity index (χ3v) is 12.8. The van der Waals surface area contributed by atoms with Gasteiger partial charge in [-0.25, -0.2) is 9.69 Å². The van der Waals surface area contributed by atoms with E-state index < -0.39 is 64.4 Å². The largest absolute Gasteiger partial charge is 0.497 e. The van der Waals surface area contributed by atoms with Gasteiger partial charge in [0.1, 0.15) is 42.3 Å². The molecular formula is C55H46N4O11. The average Bonchev–Trinajstić information content (AvgIpc) is 3.85. The van der Waals surface area contributed by atoms with Crippen molar-refractivity contribution in [1.82, 2.24) is 10.2 Å². The van der Waals surface area contributed by atoms with Gasteiger partial charge >= 0.3 is 12.1 Å². The van der Waals surface area contributed by atoms with Crippen LogP contribution in [0, 0.1) is 27.9 Å². The van der Waals surface area contributed by atoms with Crippen LogP contribution >= 0.6 is 0 Å². The van der Waals surface area contributed by atoms with Crippen LogP contribution < -0.4 is 19.7 Å². The Balaban J connectivity index is 1.31. The number of nitrogens with one attached hydrogen (secondary N) is 1. The van der Waals surface area contributed by atoms with Gasteiger partial charge in [-0.2, -0.15) is 0 Å². The Kier molecular flexibility index (Phi) is 13.3. The average molecular weight is 939 g/mol. The molecule has 6 atom stereocenters. The summed E-state index contributed by atoms with van der Waals surface area (Å²) in [7, 11) is 1.56. The lowest BCUT2D eigenvalue weighted by molar-refractivity contribution is -0.384. The Hall–Kier alpha value is -8.58. The highest BCUT2D eigenvalue weighted by molar-refractivity contribution is 6.23. The molecule has 3 heterocycles. The van der Waals surface area contributed by atoms with Crippen molar-refractivity contribution in [2.24, 2.45) is 5.92 Å². The number of anilines is 1. The van der Waals surface area contributed by atoms with E-state index in [2.05, 4.69) is 23.7 Å². The number of fused-ring (bicyclic) bond motifs is 3. The fourth-order valence-electron chi connectivity index (χ4n) is 9.93. The molecule has 3 aliphatic rings. The zero-order valence-electron chi connectivity index (χ0n) is 37.8. The van der Waals surface area contributed by atoms with Crippen LogP contribution in [-0.4, -0.2) is 71.7 Å². The van der Waals surface area contributed by atoms with Crippen molar-refractivity contribution in [1.29, 1.82) is 0 Å². The Labute approximate surface area is 403 Å². The van der Waals surface area contributed by atoms with Gasteiger partial charge in [-0.3, -0.25) is 29.4 Å². The van der Waals surface area contributed by atoms with Gasteiger partial charge in [0.05, 0.1) is 42.3 Å². The fraction of sp³-hybridized carbons (Fsp3) is 0.200. The Morgan fingerprint density at radius 1 is 0.829 bits per heavy atom. The lowest BCUT2D eigenvalue weighted by Gasteiger charge is -2.46. The van der Waals surface area contributed by atoms with Gasteiger partial charge in [-0.15, -0.1) is 6.58 Å². The van der Waals surface area contributed by atoms with Gasteiger partial charge in [0.25, 0.3) is 5.69 Å². The van der Waals surface area contributed by atoms with E-state index in [1.807, 2.05) is 65.6 Å². The summed E-state index contributed by atoms with van der Waals surface area (Å²) >= 11 is 0. The van der Waals surface area contributed by atoms with Gasteiger partial charge in [-0.1, -0.05) is 90.7 Å². The van der Waals surface area contributed by atoms with Gasteiger partial charge in [-0.05, 0) is 94.5 Å².